The molecule has 154 valence electrons. The highest BCUT2D eigenvalue weighted by Crippen LogP contribution is 1.99. The second kappa shape index (κ2) is 12.4. The largest absolute Gasteiger partial charge is 0.481 e. The quantitative estimate of drug-likeness (QED) is 0.159. The molecule has 0 saturated heterocycles. The summed E-state index contributed by atoms with van der Waals surface area (Å²) in [6.07, 6.45) is -0.424. The Labute approximate surface area is 166 Å². The minimum absolute atomic E-state index is 0.114. The Hall–Kier alpha value is -1.99. The third-order valence-electron chi connectivity index (χ3n) is 3.37. The number of nitrogens with one attached hydrogen (secondary N) is 3. The number of hydrogen-bond acceptors (Lipinski definition) is 8. The van der Waals surface area contributed by atoms with Crippen molar-refractivity contribution < 1.29 is 34.2 Å². The van der Waals surface area contributed by atoms with E-state index in [4.69, 9.17) is 15.9 Å². The van der Waals surface area contributed by atoms with Crippen molar-refractivity contribution >= 4 is 54.9 Å². The van der Waals surface area contributed by atoms with Crippen LogP contribution in [0.3, 0.4) is 0 Å². The molecule has 0 bridgehead atoms. The fourth-order valence-corrected chi connectivity index (χ4v) is 2.24. The van der Waals surface area contributed by atoms with Gasteiger partial charge in [0.25, 0.3) is 0 Å². The average molecular weight is 425 g/mol. The maximum atomic E-state index is 12.3. The molecule has 0 spiro atoms. The lowest BCUT2D eigenvalue weighted by Crippen LogP contribution is -2.58. The summed E-state index contributed by atoms with van der Waals surface area (Å²) < 4.78 is 0. The van der Waals surface area contributed by atoms with Crippen LogP contribution in [0.4, 0.5) is 0 Å². The Bertz CT molecular complexity index is 576. The van der Waals surface area contributed by atoms with Crippen molar-refractivity contribution in [3.63, 3.8) is 0 Å². The van der Waals surface area contributed by atoms with E-state index in [1.165, 1.54) is 6.92 Å². The molecule has 3 amide bonds. The van der Waals surface area contributed by atoms with Crippen LogP contribution in [0.25, 0.3) is 0 Å². The number of aliphatic carboxylic acids is 2. The molecule has 0 rings (SSSR count). The first-order valence-corrected chi connectivity index (χ1v) is 9.12. The van der Waals surface area contributed by atoms with E-state index in [9.17, 15) is 24.0 Å². The molecule has 0 aliphatic rings. The van der Waals surface area contributed by atoms with Gasteiger partial charge in [-0.15, -0.1) is 0 Å². The number of nitrogens with two attached hydrogens (primary N) is 1. The Kier molecular flexibility index (Phi) is 11.5. The first-order chi connectivity index (χ1) is 12.5. The summed E-state index contributed by atoms with van der Waals surface area (Å²) in [5.41, 5.74) is 5.56. The predicted molar refractivity (Wildman–Crippen MR) is 102 cm³/mol. The average Bonchev–Trinajstić information content (AvgIpc) is 2.60. The lowest BCUT2D eigenvalue weighted by molar-refractivity contribution is -0.141. The van der Waals surface area contributed by atoms with Crippen LogP contribution in [-0.2, 0) is 24.0 Å². The number of carbonyl (C=O) groups is 5. The van der Waals surface area contributed by atoms with Gasteiger partial charge in [-0.05, 0) is 13.3 Å². The zero-order chi connectivity index (χ0) is 21.1. The Morgan fingerprint density at radius 1 is 0.889 bits per heavy atom. The molecule has 13 heteroatoms. The maximum absolute atomic E-state index is 12.3. The molecule has 0 aliphatic carbocycles. The van der Waals surface area contributed by atoms with Gasteiger partial charge in [0.15, 0.2) is 0 Å². The summed E-state index contributed by atoms with van der Waals surface area (Å²) in [6.45, 7) is 1.26. The molecule has 0 radical (unpaired) electrons. The first-order valence-electron chi connectivity index (χ1n) is 7.86. The number of carbonyl (C=O) groups excluding carboxylic acids is 3. The van der Waals surface area contributed by atoms with Gasteiger partial charge in [0.05, 0.1) is 6.04 Å². The summed E-state index contributed by atoms with van der Waals surface area (Å²) in [6, 6.07) is -4.56. The summed E-state index contributed by atoms with van der Waals surface area (Å²) in [4.78, 5) is 57.5. The van der Waals surface area contributed by atoms with E-state index in [-0.39, 0.29) is 24.3 Å². The van der Waals surface area contributed by atoms with Crippen molar-refractivity contribution in [2.24, 2.45) is 5.73 Å². The van der Waals surface area contributed by atoms with E-state index < -0.39 is 53.8 Å². The van der Waals surface area contributed by atoms with Crippen LogP contribution >= 0.6 is 25.3 Å². The van der Waals surface area contributed by atoms with Gasteiger partial charge in [-0.2, -0.15) is 25.3 Å². The molecule has 0 aromatic heterocycles. The number of carboxylic acid groups (broad SMARTS) is 2. The van der Waals surface area contributed by atoms with Crippen molar-refractivity contribution in [1.82, 2.24) is 16.0 Å². The van der Waals surface area contributed by atoms with Crippen LogP contribution in [0.2, 0.25) is 0 Å². The van der Waals surface area contributed by atoms with Crippen LogP contribution in [0.15, 0.2) is 0 Å². The standard InChI is InChI=1S/C14H24N4O7S2/c1-6(14(24)25)16-12(22)8(4-26)18-13(23)9(5-27)17-11(21)7(15)2-3-10(19)20/h6-9,26-27H,2-5,15H2,1H3,(H,16,22)(H,17,21)(H,18,23)(H,19,20)(H,24,25). The summed E-state index contributed by atoms with van der Waals surface area (Å²) in [5, 5.41) is 24.2. The maximum Gasteiger partial charge on any atom is 0.325 e. The predicted octanol–water partition coefficient (Wildman–Crippen LogP) is -2.40. The Morgan fingerprint density at radius 2 is 1.33 bits per heavy atom. The van der Waals surface area contributed by atoms with Crippen molar-refractivity contribution in [3.8, 4) is 0 Å². The molecule has 0 fully saturated rings. The van der Waals surface area contributed by atoms with E-state index in [1.54, 1.807) is 0 Å². The summed E-state index contributed by atoms with van der Waals surface area (Å²) >= 11 is 7.91. The minimum atomic E-state index is -1.25. The smallest absolute Gasteiger partial charge is 0.325 e. The summed E-state index contributed by atoms with van der Waals surface area (Å²) in [7, 11) is 0. The van der Waals surface area contributed by atoms with Crippen LogP contribution in [0.5, 0.6) is 0 Å². The first kappa shape index (κ1) is 25.0. The van der Waals surface area contributed by atoms with E-state index in [1.807, 2.05) is 0 Å². The van der Waals surface area contributed by atoms with Gasteiger partial charge in [0.1, 0.15) is 18.1 Å². The van der Waals surface area contributed by atoms with Gasteiger partial charge in [-0.1, -0.05) is 0 Å². The van der Waals surface area contributed by atoms with Crippen molar-refractivity contribution in [2.75, 3.05) is 11.5 Å². The molecular weight excluding hydrogens is 400 g/mol. The Balaban J connectivity index is 4.80. The monoisotopic (exact) mass is 424 g/mol. The molecule has 0 saturated carbocycles. The summed E-state index contributed by atoms with van der Waals surface area (Å²) in [5.74, 6) is -4.83. The van der Waals surface area contributed by atoms with Crippen molar-refractivity contribution in [3.05, 3.63) is 0 Å². The second-order valence-electron chi connectivity index (χ2n) is 5.59. The van der Waals surface area contributed by atoms with Gasteiger partial charge in [0, 0.05) is 17.9 Å². The van der Waals surface area contributed by atoms with E-state index in [2.05, 4.69) is 41.2 Å². The van der Waals surface area contributed by atoms with Gasteiger partial charge in [0.2, 0.25) is 17.7 Å². The highest BCUT2D eigenvalue weighted by Gasteiger charge is 2.28. The van der Waals surface area contributed by atoms with Gasteiger partial charge in [-0.25, -0.2) is 0 Å². The van der Waals surface area contributed by atoms with Gasteiger partial charge in [-0.3, -0.25) is 24.0 Å². The highest BCUT2D eigenvalue weighted by atomic mass is 32.1. The molecule has 4 atom stereocenters. The van der Waals surface area contributed by atoms with Crippen LogP contribution in [0, 0.1) is 0 Å². The Morgan fingerprint density at radius 3 is 1.74 bits per heavy atom. The van der Waals surface area contributed by atoms with Crippen LogP contribution in [0.1, 0.15) is 19.8 Å². The van der Waals surface area contributed by atoms with Crippen LogP contribution < -0.4 is 21.7 Å². The number of hydrogen-bond donors (Lipinski definition) is 8. The van der Waals surface area contributed by atoms with Crippen LogP contribution in [-0.4, -0.2) is 75.5 Å². The molecule has 11 nitrogen and oxygen atoms in total. The zero-order valence-electron chi connectivity index (χ0n) is 14.5. The molecule has 4 unspecified atom stereocenters. The third kappa shape index (κ3) is 9.49. The molecule has 0 aromatic carbocycles. The van der Waals surface area contributed by atoms with Crippen molar-refractivity contribution in [1.29, 1.82) is 0 Å². The number of carboxylic acids is 2. The van der Waals surface area contributed by atoms with Gasteiger partial charge < -0.3 is 31.9 Å². The molecule has 0 heterocycles. The van der Waals surface area contributed by atoms with Crippen molar-refractivity contribution in [2.45, 2.75) is 43.9 Å². The number of rotatable bonds is 12. The molecular formula is C14H24N4O7S2. The van der Waals surface area contributed by atoms with E-state index >= 15 is 0 Å². The number of thiol groups is 2. The number of amides is 3. The topological polar surface area (TPSA) is 188 Å². The molecule has 7 N–H and O–H groups in total. The fraction of sp³-hybridized carbons (Fsp3) is 0.643. The molecule has 27 heavy (non-hydrogen) atoms. The van der Waals surface area contributed by atoms with Gasteiger partial charge >= 0.3 is 11.9 Å². The molecule has 0 aromatic rings. The highest BCUT2D eigenvalue weighted by molar-refractivity contribution is 7.80. The van der Waals surface area contributed by atoms with E-state index in [0.29, 0.717) is 0 Å². The lowest BCUT2D eigenvalue weighted by Gasteiger charge is -2.23. The normalized spacial score (nSPS) is 15.0. The zero-order valence-corrected chi connectivity index (χ0v) is 16.3. The second-order valence-corrected chi connectivity index (χ2v) is 6.33. The minimum Gasteiger partial charge on any atom is -0.481 e. The lowest BCUT2D eigenvalue weighted by atomic mass is 10.1. The SMILES string of the molecule is CC(NC(=O)C(CS)NC(=O)C(CS)NC(=O)C(N)CCC(=O)O)C(=O)O. The van der Waals surface area contributed by atoms with E-state index in [0.717, 1.165) is 0 Å². The third-order valence-corrected chi connectivity index (χ3v) is 4.10. The fourth-order valence-electron chi connectivity index (χ4n) is 1.73. The molecule has 0 aliphatic heterocycles.